The summed E-state index contributed by atoms with van der Waals surface area (Å²) < 4.78 is 5.13. The third-order valence-corrected chi connectivity index (χ3v) is 2.75. The number of ether oxygens (including phenoxy) is 1. The number of benzene rings is 1. The molecule has 5 heteroatoms. The molecule has 0 aliphatic rings. The predicted molar refractivity (Wildman–Crippen MR) is 68.5 cm³/mol. The molecule has 0 bridgehead atoms. The Balaban J connectivity index is 2.20. The van der Waals surface area contributed by atoms with Crippen LogP contribution >= 0.6 is 0 Å². The zero-order chi connectivity index (χ0) is 12.3. The fourth-order valence-corrected chi connectivity index (χ4v) is 1.82. The number of anilines is 1. The maximum atomic E-state index is 11.1. The van der Waals surface area contributed by atoms with Gasteiger partial charge in [-0.25, -0.2) is 4.79 Å². The van der Waals surface area contributed by atoms with E-state index in [0.29, 0.717) is 6.61 Å². The van der Waals surface area contributed by atoms with Gasteiger partial charge in [0.1, 0.15) is 0 Å². The topological polar surface area (TPSA) is 69.9 Å². The average molecular weight is 235 g/mol. The SMILES string of the molecule is CCC(COC)Nc1ccc2[nH]c(=O)[nH]c2c1. The van der Waals surface area contributed by atoms with Gasteiger partial charge >= 0.3 is 5.69 Å². The van der Waals surface area contributed by atoms with Gasteiger partial charge in [0.25, 0.3) is 0 Å². The van der Waals surface area contributed by atoms with Gasteiger partial charge < -0.3 is 20.0 Å². The van der Waals surface area contributed by atoms with Crippen molar-refractivity contribution in [3.8, 4) is 0 Å². The lowest BCUT2D eigenvalue weighted by atomic mass is 10.2. The molecule has 0 aliphatic heterocycles. The molecule has 0 saturated carbocycles. The normalized spacial score (nSPS) is 12.8. The van der Waals surface area contributed by atoms with Crippen LogP contribution < -0.4 is 11.0 Å². The maximum absolute atomic E-state index is 11.1. The Kier molecular flexibility index (Phi) is 3.49. The number of aromatic nitrogens is 2. The van der Waals surface area contributed by atoms with Crippen LogP contribution in [0.2, 0.25) is 0 Å². The van der Waals surface area contributed by atoms with Crippen LogP contribution in [-0.4, -0.2) is 29.7 Å². The Labute approximate surface area is 99.2 Å². The number of fused-ring (bicyclic) bond motifs is 1. The van der Waals surface area contributed by atoms with E-state index in [-0.39, 0.29) is 11.7 Å². The number of aromatic amines is 2. The van der Waals surface area contributed by atoms with Crippen molar-refractivity contribution in [1.29, 1.82) is 0 Å². The molecule has 2 aromatic rings. The lowest BCUT2D eigenvalue weighted by Crippen LogP contribution is -2.23. The molecule has 0 spiro atoms. The van der Waals surface area contributed by atoms with Crippen LogP contribution in [0.5, 0.6) is 0 Å². The predicted octanol–water partition coefficient (Wildman–Crippen LogP) is 1.69. The molecule has 3 N–H and O–H groups in total. The summed E-state index contributed by atoms with van der Waals surface area (Å²) in [4.78, 5) is 16.6. The summed E-state index contributed by atoms with van der Waals surface area (Å²) in [6, 6.07) is 6.04. The Morgan fingerprint density at radius 2 is 2.12 bits per heavy atom. The maximum Gasteiger partial charge on any atom is 0.323 e. The zero-order valence-electron chi connectivity index (χ0n) is 10.0. The molecule has 1 aromatic carbocycles. The molecule has 1 aromatic heterocycles. The highest BCUT2D eigenvalue weighted by atomic mass is 16.5. The number of imidazole rings is 1. The summed E-state index contributed by atoms with van der Waals surface area (Å²) in [5.74, 6) is 0. The van der Waals surface area contributed by atoms with Gasteiger partial charge in [-0.1, -0.05) is 6.92 Å². The summed E-state index contributed by atoms with van der Waals surface area (Å²) in [5.41, 5.74) is 2.44. The lowest BCUT2D eigenvalue weighted by molar-refractivity contribution is 0.184. The van der Waals surface area contributed by atoms with Crippen molar-refractivity contribution in [2.24, 2.45) is 0 Å². The largest absolute Gasteiger partial charge is 0.383 e. The van der Waals surface area contributed by atoms with E-state index in [9.17, 15) is 4.79 Å². The molecule has 17 heavy (non-hydrogen) atoms. The highest BCUT2D eigenvalue weighted by Gasteiger charge is 2.06. The highest BCUT2D eigenvalue weighted by Crippen LogP contribution is 2.16. The van der Waals surface area contributed by atoms with Crippen molar-refractivity contribution >= 4 is 16.7 Å². The fraction of sp³-hybridized carbons (Fsp3) is 0.417. The number of hydrogen-bond donors (Lipinski definition) is 3. The van der Waals surface area contributed by atoms with E-state index in [1.807, 2.05) is 18.2 Å². The zero-order valence-corrected chi connectivity index (χ0v) is 10.0. The van der Waals surface area contributed by atoms with E-state index < -0.39 is 0 Å². The number of rotatable bonds is 5. The van der Waals surface area contributed by atoms with Gasteiger partial charge in [0.15, 0.2) is 0 Å². The summed E-state index contributed by atoms with van der Waals surface area (Å²) >= 11 is 0. The third kappa shape index (κ3) is 2.68. The standard InChI is InChI=1S/C12H17N3O2/c1-3-8(7-17-2)13-9-4-5-10-11(6-9)15-12(16)14-10/h4-6,8,13H,3,7H2,1-2H3,(H2,14,15,16). The van der Waals surface area contributed by atoms with Crippen LogP contribution in [0.4, 0.5) is 5.69 Å². The first-order valence-electron chi connectivity index (χ1n) is 5.70. The first-order chi connectivity index (χ1) is 8.22. The molecule has 1 heterocycles. The second-order valence-electron chi connectivity index (χ2n) is 4.04. The first kappa shape index (κ1) is 11.7. The second-order valence-corrected chi connectivity index (χ2v) is 4.04. The summed E-state index contributed by atoms with van der Waals surface area (Å²) in [6.07, 6.45) is 0.982. The van der Waals surface area contributed by atoms with E-state index in [1.54, 1.807) is 7.11 Å². The first-order valence-corrected chi connectivity index (χ1v) is 5.70. The molecule has 0 fully saturated rings. The Morgan fingerprint density at radius 1 is 1.35 bits per heavy atom. The fourth-order valence-electron chi connectivity index (χ4n) is 1.82. The molecule has 5 nitrogen and oxygen atoms in total. The minimum Gasteiger partial charge on any atom is -0.383 e. The Hall–Kier alpha value is -1.75. The van der Waals surface area contributed by atoms with Crippen molar-refractivity contribution in [3.63, 3.8) is 0 Å². The van der Waals surface area contributed by atoms with Crippen LogP contribution in [0.1, 0.15) is 13.3 Å². The van der Waals surface area contributed by atoms with Gasteiger partial charge in [0, 0.05) is 18.8 Å². The van der Waals surface area contributed by atoms with Crippen LogP contribution in [0, 0.1) is 0 Å². The van der Waals surface area contributed by atoms with Crippen molar-refractivity contribution in [3.05, 3.63) is 28.7 Å². The minimum absolute atomic E-state index is 0.180. The minimum atomic E-state index is -0.180. The van der Waals surface area contributed by atoms with Crippen molar-refractivity contribution in [2.45, 2.75) is 19.4 Å². The van der Waals surface area contributed by atoms with Crippen LogP contribution in [0.25, 0.3) is 11.0 Å². The van der Waals surface area contributed by atoms with E-state index in [1.165, 1.54) is 0 Å². The molecule has 1 atom stereocenters. The lowest BCUT2D eigenvalue weighted by Gasteiger charge is -2.17. The van der Waals surface area contributed by atoms with Gasteiger partial charge in [-0.15, -0.1) is 0 Å². The highest BCUT2D eigenvalue weighted by molar-refractivity contribution is 5.78. The molecular formula is C12H17N3O2. The van der Waals surface area contributed by atoms with Crippen molar-refractivity contribution in [2.75, 3.05) is 19.0 Å². The van der Waals surface area contributed by atoms with E-state index in [4.69, 9.17) is 4.74 Å². The summed E-state index contributed by atoms with van der Waals surface area (Å²) in [5, 5.41) is 3.37. The van der Waals surface area contributed by atoms with Crippen LogP contribution in [0.15, 0.2) is 23.0 Å². The summed E-state index contributed by atoms with van der Waals surface area (Å²) in [6.45, 7) is 2.77. The van der Waals surface area contributed by atoms with Crippen molar-refractivity contribution in [1.82, 2.24) is 9.97 Å². The average Bonchev–Trinajstić information content (AvgIpc) is 2.68. The smallest absolute Gasteiger partial charge is 0.323 e. The quantitative estimate of drug-likeness (QED) is 0.738. The number of methoxy groups -OCH3 is 1. The third-order valence-electron chi connectivity index (χ3n) is 2.75. The van der Waals surface area contributed by atoms with Crippen LogP contribution in [0.3, 0.4) is 0 Å². The molecule has 92 valence electrons. The van der Waals surface area contributed by atoms with Gasteiger partial charge in [-0.3, -0.25) is 0 Å². The molecule has 0 aliphatic carbocycles. The molecule has 0 amide bonds. The van der Waals surface area contributed by atoms with Gasteiger partial charge in [-0.2, -0.15) is 0 Å². The number of hydrogen-bond acceptors (Lipinski definition) is 3. The molecule has 1 unspecified atom stereocenters. The van der Waals surface area contributed by atoms with E-state index >= 15 is 0 Å². The van der Waals surface area contributed by atoms with Gasteiger partial charge in [-0.05, 0) is 24.6 Å². The molecular weight excluding hydrogens is 218 g/mol. The second kappa shape index (κ2) is 5.05. The monoisotopic (exact) mass is 235 g/mol. The summed E-state index contributed by atoms with van der Waals surface area (Å²) in [7, 11) is 1.69. The molecule has 2 rings (SSSR count). The van der Waals surface area contributed by atoms with Crippen LogP contribution in [-0.2, 0) is 4.74 Å². The number of H-pyrrole nitrogens is 2. The molecule has 0 radical (unpaired) electrons. The number of nitrogens with one attached hydrogen (secondary N) is 3. The Bertz CT molecular complexity index is 544. The van der Waals surface area contributed by atoms with Gasteiger partial charge in [0.05, 0.1) is 17.6 Å². The van der Waals surface area contributed by atoms with Gasteiger partial charge in [0.2, 0.25) is 0 Å². The van der Waals surface area contributed by atoms with Crippen molar-refractivity contribution < 1.29 is 4.74 Å². The van der Waals surface area contributed by atoms with E-state index in [2.05, 4.69) is 22.2 Å². The molecule has 0 saturated heterocycles. The Morgan fingerprint density at radius 3 is 2.82 bits per heavy atom. The van der Waals surface area contributed by atoms with E-state index in [0.717, 1.165) is 23.1 Å².